The minimum atomic E-state index is -0.131. The Labute approximate surface area is 142 Å². The summed E-state index contributed by atoms with van der Waals surface area (Å²) in [6.07, 6.45) is 1.13. The quantitative estimate of drug-likeness (QED) is 0.535. The number of carbonyl (C=O) groups excluding carboxylic acids is 1. The van der Waals surface area contributed by atoms with Crippen molar-refractivity contribution in [3.8, 4) is 0 Å². The van der Waals surface area contributed by atoms with E-state index in [0.717, 1.165) is 12.1 Å². The number of aryl methyl sites for hydroxylation is 1. The number of anilines is 1. The van der Waals surface area contributed by atoms with Crippen molar-refractivity contribution in [1.29, 1.82) is 0 Å². The van der Waals surface area contributed by atoms with Crippen LogP contribution in [-0.4, -0.2) is 29.9 Å². The maximum atomic E-state index is 11.8. The van der Waals surface area contributed by atoms with Gasteiger partial charge in [0.1, 0.15) is 5.82 Å². The number of rotatable bonds is 7. The molecule has 0 unspecified atom stereocenters. The van der Waals surface area contributed by atoms with Gasteiger partial charge in [-0.2, -0.15) is 0 Å². The first-order valence-electron chi connectivity index (χ1n) is 7.95. The number of nitrogens with zero attached hydrogens (tertiary/aromatic N) is 2. The van der Waals surface area contributed by atoms with E-state index in [1.165, 1.54) is 5.56 Å². The maximum Gasteiger partial charge on any atom is 0.227 e. The number of guanidine groups is 1. The molecule has 0 aliphatic carbocycles. The van der Waals surface area contributed by atoms with Crippen molar-refractivity contribution in [3.05, 3.63) is 59.8 Å². The smallest absolute Gasteiger partial charge is 0.227 e. The Hall–Kier alpha value is -2.89. The van der Waals surface area contributed by atoms with E-state index in [4.69, 9.17) is 5.73 Å². The monoisotopic (exact) mass is 325 g/mol. The number of nitrogens with one attached hydrogen (secondary N) is 2. The summed E-state index contributed by atoms with van der Waals surface area (Å²) in [5.74, 6) is 0.777. The summed E-state index contributed by atoms with van der Waals surface area (Å²) in [5, 5.41) is 5.79. The Kier molecular flexibility index (Phi) is 6.76. The molecular formula is C18H23N5O. The topological polar surface area (TPSA) is 92.4 Å². The molecule has 0 aliphatic heterocycles. The highest BCUT2D eigenvalue weighted by atomic mass is 16.1. The first kappa shape index (κ1) is 17.5. The van der Waals surface area contributed by atoms with Crippen LogP contribution in [0.4, 0.5) is 5.82 Å². The molecule has 126 valence electrons. The molecule has 2 aromatic rings. The van der Waals surface area contributed by atoms with Crippen molar-refractivity contribution in [1.82, 2.24) is 10.3 Å². The van der Waals surface area contributed by atoms with E-state index in [2.05, 4.69) is 32.7 Å². The Morgan fingerprint density at radius 1 is 1.17 bits per heavy atom. The second-order valence-electron chi connectivity index (χ2n) is 5.39. The van der Waals surface area contributed by atoms with Gasteiger partial charge in [0.25, 0.3) is 0 Å². The number of benzene rings is 1. The van der Waals surface area contributed by atoms with Crippen LogP contribution in [-0.2, 0) is 11.2 Å². The molecule has 0 saturated heterocycles. The second-order valence-corrected chi connectivity index (χ2v) is 5.39. The number of amides is 1. The Balaban J connectivity index is 1.66. The third-order valence-corrected chi connectivity index (χ3v) is 3.34. The molecule has 2 rings (SSSR count). The summed E-state index contributed by atoms with van der Waals surface area (Å²) in [5.41, 5.74) is 7.89. The van der Waals surface area contributed by atoms with Crippen molar-refractivity contribution >= 4 is 17.7 Å². The van der Waals surface area contributed by atoms with Crippen LogP contribution in [0.25, 0.3) is 0 Å². The van der Waals surface area contributed by atoms with E-state index in [-0.39, 0.29) is 12.3 Å². The first-order chi connectivity index (χ1) is 11.6. The van der Waals surface area contributed by atoms with Crippen molar-refractivity contribution in [2.45, 2.75) is 19.8 Å². The van der Waals surface area contributed by atoms with Crippen LogP contribution in [0.2, 0.25) is 0 Å². The van der Waals surface area contributed by atoms with Gasteiger partial charge in [-0.05, 0) is 31.0 Å². The summed E-state index contributed by atoms with van der Waals surface area (Å²) < 4.78 is 0. The third kappa shape index (κ3) is 6.48. The molecule has 0 saturated carbocycles. The van der Waals surface area contributed by atoms with E-state index in [0.29, 0.717) is 24.9 Å². The van der Waals surface area contributed by atoms with E-state index in [9.17, 15) is 4.79 Å². The average Bonchev–Trinajstić information content (AvgIpc) is 2.56. The van der Waals surface area contributed by atoms with E-state index < -0.39 is 0 Å². The fraction of sp³-hybridized carbons (Fsp3) is 0.278. The normalized spacial score (nSPS) is 11.1. The zero-order valence-electron chi connectivity index (χ0n) is 13.8. The van der Waals surface area contributed by atoms with Gasteiger partial charge in [-0.3, -0.25) is 9.79 Å². The lowest BCUT2D eigenvalue weighted by Gasteiger charge is -2.06. The molecule has 24 heavy (non-hydrogen) atoms. The fourth-order valence-corrected chi connectivity index (χ4v) is 2.13. The molecule has 1 aromatic heterocycles. The lowest BCUT2D eigenvalue weighted by molar-refractivity contribution is -0.116. The van der Waals surface area contributed by atoms with Crippen molar-refractivity contribution in [2.24, 2.45) is 10.7 Å². The molecule has 0 fully saturated rings. The van der Waals surface area contributed by atoms with Crippen molar-refractivity contribution in [3.63, 3.8) is 0 Å². The second kappa shape index (κ2) is 9.29. The van der Waals surface area contributed by atoms with Gasteiger partial charge in [-0.1, -0.05) is 36.4 Å². The van der Waals surface area contributed by atoms with Gasteiger partial charge < -0.3 is 16.4 Å². The predicted octanol–water partition coefficient (Wildman–Crippen LogP) is 1.87. The Bertz CT molecular complexity index is 685. The molecule has 0 radical (unpaired) electrons. The molecule has 4 N–H and O–H groups in total. The van der Waals surface area contributed by atoms with Gasteiger partial charge in [-0.15, -0.1) is 0 Å². The molecule has 0 bridgehead atoms. The van der Waals surface area contributed by atoms with Crippen LogP contribution >= 0.6 is 0 Å². The number of hydrogen-bond acceptors (Lipinski definition) is 3. The first-order valence-corrected chi connectivity index (χ1v) is 7.95. The summed E-state index contributed by atoms with van der Waals surface area (Å²) in [6.45, 7) is 2.92. The number of pyridine rings is 1. The number of nitrogens with two attached hydrogens (primary N) is 1. The summed E-state index contributed by atoms with van der Waals surface area (Å²) >= 11 is 0. The van der Waals surface area contributed by atoms with Crippen LogP contribution in [0.3, 0.4) is 0 Å². The number of hydrogen-bond donors (Lipinski definition) is 3. The molecule has 6 nitrogen and oxygen atoms in total. The summed E-state index contributed by atoms with van der Waals surface area (Å²) in [6, 6.07) is 15.6. The number of aromatic nitrogens is 1. The van der Waals surface area contributed by atoms with E-state index >= 15 is 0 Å². The molecule has 0 aliphatic rings. The minimum Gasteiger partial charge on any atom is -0.370 e. The summed E-state index contributed by atoms with van der Waals surface area (Å²) in [7, 11) is 0. The molecule has 1 aromatic carbocycles. The van der Waals surface area contributed by atoms with E-state index in [1.54, 1.807) is 6.07 Å². The highest BCUT2D eigenvalue weighted by molar-refractivity contribution is 5.90. The molecule has 0 spiro atoms. The molecule has 0 atom stereocenters. The van der Waals surface area contributed by atoms with E-state index in [1.807, 2.05) is 37.3 Å². The van der Waals surface area contributed by atoms with Crippen molar-refractivity contribution in [2.75, 3.05) is 18.4 Å². The molecule has 1 amide bonds. The number of aliphatic imine (C=N–C) groups is 1. The average molecular weight is 325 g/mol. The Morgan fingerprint density at radius 3 is 2.71 bits per heavy atom. The predicted molar refractivity (Wildman–Crippen MR) is 96.9 cm³/mol. The third-order valence-electron chi connectivity index (χ3n) is 3.34. The van der Waals surface area contributed by atoms with Crippen LogP contribution < -0.4 is 16.4 Å². The van der Waals surface area contributed by atoms with Gasteiger partial charge in [0, 0.05) is 18.7 Å². The van der Waals surface area contributed by atoms with Gasteiger partial charge in [0.2, 0.25) is 5.91 Å². The number of carbonyl (C=O) groups is 1. The Morgan fingerprint density at radius 2 is 1.96 bits per heavy atom. The lowest BCUT2D eigenvalue weighted by Crippen LogP contribution is -2.33. The molecule has 1 heterocycles. The standard InChI is InChI=1S/C18H23N5O/c1-14-6-5-9-16(22-14)23-17(24)11-13-21-18(19)20-12-10-15-7-3-2-4-8-15/h2-9H,10-13H2,1H3,(H3,19,20,21)(H,22,23,24). The van der Waals surface area contributed by atoms with Crippen LogP contribution in [0, 0.1) is 6.92 Å². The van der Waals surface area contributed by atoms with Gasteiger partial charge in [0.15, 0.2) is 5.96 Å². The molecular weight excluding hydrogens is 302 g/mol. The summed E-state index contributed by atoms with van der Waals surface area (Å²) in [4.78, 5) is 20.2. The van der Waals surface area contributed by atoms with Gasteiger partial charge in [-0.25, -0.2) is 4.98 Å². The van der Waals surface area contributed by atoms with Crippen LogP contribution in [0.5, 0.6) is 0 Å². The lowest BCUT2D eigenvalue weighted by atomic mass is 10.1. The van der Waals surface area contributed by atoms with Gasteiger partial charge >= 0.3 is 0 Å². The van der Waals surface area contributed by atoms with Crippen LogP contribution in [0.1, 0.15) is 17.7 Å². The minimum absolute atomic E-state index is 0.131. The highest BCUT2D eigenvalue weighted by Crippen LogP contribution is 2.04. The van der Waals surface area contributed by atoms with Gasteiger partial charge in [0.05, 0.1) is 6.54 Å². The van der Waals surface area contributed by atoms with Crippen molar-refractivity contribution < 1.29 is 4.79 Å². The fourth-order valence-electron chi connectivity index (χ4n) is 2.13. The maximum absolute atomic E-state index is 11.8. The zero-order valence-corrected chi connectivity index (χ0v) is 13.8. The highest BCUT2D eigenvalue weighted by Gasteiger charge is 2.03. The largest absolute Gasteiger partial charge is 0.370 e. The molecule has 6 heteroatoms. The SMILES string of the molecule is Cc1cccc(NC(=O)CCN=C(N)NCCc2ccccc2)n1. The van der Waals surface area contributed by atoms with Crippen LogP contribution in [0.15, 0.2) is 53.5 Å². The zero-order chi connectivity index (χ0) is 17.2.